The van der Waals surface area contributed by atoms with Crippen molar-refractivity contribution >= 4 is 16.9 Å². The predicted octanol–water partition coefficient (Wildman–Crippen LogP) is 6.48. The van der Waals surface area contributed by atoms with E-state index in [1.54, 1.807) is 7.11 Å². The van der Waals surface area contributed by atoms with Gasteiger partial charge in [-0.1, -0.05) is 25.1 Å². The third kappa shape index (κ3) is 4.98. The van der Waals surface area contributed by atoms with Crippen molar-refractivity contribution in [1.29, 1.82) is 5.26 Å². The lowest BCUT2D eigenvalue weighted by atomic mass is 10.1. The Morgan fingerprint density at radius 1 is 1.11 bits per heavy atom. The SMILES string of the molecule is CCCOC(C)c1cc2c(C#N)c(N)n(-c3c(C)ccc(OCc4ccc(OC)cc4)c3C)c2nc1C. The molecule has 0 aliphatic carbocycles. The molecule has 0 bridgehead atoms. The molecule has 0 radical (unpaired) electrons. The van der Waals surface area contributed by atoms with Crippen LogP contribution in [0.4, 0.5) is 5.82 Å². The summed E-state index contributed by atoms with van der Waals surface area (Å²) in [5, 5.41) is 10.7. The average molecular weight is 499 g/mol. The van der Waals surface area contributed by atoms with Crippen molar-refractivity contribution in [3.63, 3.8) is 0 Å². The van der Waals surface area contributed by atoms with E-state index in [1.165, 1.54) is 0 Å². The van der Waals surface area contributed by atoms with Crippen molar-refractivity contribution in [3.8, 4) is 23.3 Å². The lowest BCUT2D eigenvalue weighted by Crippen LogP contribution is -2.08. The number of benzene rings is 2. The maximum absolute atomic E-state index is 10.0. The minimum Gasteiger partial charge on any atom is -0.497 e. The molecule has 2 heterocycles. The second-order valence-electron chi connectivity index (χ2n) is 9.25. The first-order chi connectivity index (χ1) is 17.8. The molecule has 0 aliphatic heterocycles. The summed E-state index contributed by atoms with van der Waals surface area (Å²) in [5.74, 6) is 1.91. The van der Waals surface area contributed by atoms with Gasteiger partial charge >= 0.3 is 0 Å². The fraction of sp³-hybridized carbons (Fsp3) is 0.333. The van der Waals surface area contributed by atoms with Gasteiger partial charge in [0.15, 0.2) is 0 Å². The molecule has 0 aliphatic rings. The predicted molar refractivity (Wildman–Crippen MR) is 146 cm³/mol. The van der Waals surface area contributed by atoms with Gasteiger partial charge < -0.3 is 19.9 Å². The van der Waals surface area contributed by atoms with Gasteiger partial charge in [0.1, 0.15) is 41.2 Å². The van der Waals surface area contributed by atoms with Crippen molar-refractivity contribution in [1.82, 2.24) is 9.55 Å². The first kappa shape index (κ1) is 26.1. The van der Waals surface area contributed by atoms with Crippen molar-refractivity contribution in [2.24, 2.45) is 0 Å². The zero-order valence-electron chi connectivity index (χ0n) is 22.4. The Balaban J connectivity index is 1.79. The molecule has 192 valence electrons. The molecule has 0 amide bonds. The molecule has 4 rings (SSSR count). The van der Waals surface area contributed by atoms with Gasteiger partial charge in [-0.3, -0.25) is 4.57 Å². The fourth-order valence-corrected chi connectivity index (χ4v) is 4.67. The standard InChI is InChI=1S/C30H34N4O3/c1-7-14-36-21(5)24-15-25-26(16-31)29(32)34(30(25)33-20(24)4)28-18(2)8-13-27(19(28)3)37-17-22-9-11-23(35-6)12-10-22/h8-13,15,21H,7,14,17,32H2,1-6H3. The molecule has 4 aromatic rings. The van der Waals surface area contributed by atoms with Crippen LogP contribution in [-0.4, -0.2) is 23.3 Å². The lowest BCUT2D eigenvalue weighted by molar-refractivity contribution is 0.0657. The smallest absolute Gasteiger partial charge is 0.147 e. The molecule has 1 unspecified atom stereocenters. The number of aromatic nitrogens is 2. The van der Waals surface area contributed by atoms with E-state index in [1.807, 2.05) is 74.7 Å². The summed E-state index contributed by atoms with van der Waals surface area (Å²) in [5.41, 5.74) is 13.3. The molecule has 1 atom stereocenters. The van der Waals surface area contributed by atoms with Gasteiger partial charge in [0, 0.05) is 28.8 Å². The number of anilines is 1. The number of nitrogen functional groups attached to an aromatic ring is 1. The Morgan fingerprint density at radius 3 is 2.49 bits per heavy atom. The maximum Gasteiger partial charge on any atom is 0.147 e. The summed E-state index contributed by atoms with van der Waals surface area (Å²) < 4.78 is 19.3. The highest BCUT2D eigenvalue weighted by molar-refractivity contribution is 5.92. The number of aryl methyl sites for hydroxylation is 2. The summed E-state index contributed by atoms with van der Waals surface area (Å²) >= 11 is 0. The second kappa shape index (κ2) is 10.9. The van der Waals surface area contributed by atoms with Crippen molar-refractivity contribution in [3.05, 3.63) is 76.0 Å². The molecule has 37 heavy (non-hydrogen) atoms. The molecule has 2 N–H and O–H groups in total. The number of hydrogen-bond acceptors (Lipinski definition) is 6. The zero-order chi connectivity index (χ0) is 26.7. The Morgan fingerprint density at radius 2 is 1.84 bits per heavy atom. The number of pyridine rings is 1. The van der Waals surface area contributed by atoms with Crippen LogP contribution >= 0.6 is 0 Å². The molecule has 0 saturated heterocycles. The Hall–Kier alpha value is -4.02. The third-order valence-corrected chi connectivity index (χ3v) is 6.69. The van der Waals surface area contributed by atoms with Crippen LogP contribution in [0.3, 0.4) is 0 Å². The summed E-state index contributed by atoms with van der Waals surface area (Å²) in [4.78, 5) is 4.93. The second-order valence-corrected chi connectivity index (χ2v) is 9.25. The number of nitrogens with two attached hydrogens (primary N) is 1. The quantitative estimate of drug-likeness (QED) is 0.284. The summed E-state index contributed by atoms with van der Waals surface area (Å²) in [7, 11) is 1.65. The normalized spacial score (nSPS) is 11.9. The van der Waals surface area contributed by atoms with Crippen LogP contribution < -0.4 is 15.2 Å². The van der Waals surface area contributed by atoms with E-state index >= 15 is 0 Å². The van der Waals surface area contributed by atoms with E-state index in [-0.39, 0.29) is 6.10 Å². The Labute approximate surface area is 218 Å². The molecular weight excluding hydrogens is 464 g/mol. The maximum atomic E-state index is 10.0. The van der Waals surface area contributed by atoms with Gasteiger partial charge in [-0.25, -0.2) is 4.98 Å². The highest BCUT2D eigenvalue weighted by atomic mass is 16.5. The van der Waals surface area contributed by atoms with Crippen LogP contribution in [-0.2, 0) is 11.3 Å². The molecule has 0 saturated carbocycles. The molecule has 2 aromatic heterocycles. The number of nitriles is 1. The van der Waals surface area contributed by atoms with Crippen LogP contribution in [0.5, 0.6) is 11.5 Å². The van der Waals surface area contributed by atoms with Gasteiger partial charge in [-0.2, -0.15) is 5.26 Å². The number of nitrogens with zero attached hydrogens (tertiary/aromatic N) is 3. The molecular formula is C30H34N4O3. The van der Waals surface area contributed by atoms with Crippen molar-refractivity contribution in [2.75, 3.05) is 19.5 Å². The number of methoxy groups -OCH3 is 1. The first-order valence-corrected chi connectivity index (χ1v) is 12.5. The van der Waals surface area contributed by atoms with Gasteiger partial charge in [0.05, 0.1) is 18.9 Å². The van der Waals surface area contributed by atoms with Gasteiger partial charge in [0.2, 0.25) is 0 Å². The van der Waals surface area contributed by atoms with Gasteiger partial charge in [-0.15, -0.1) is 0 Å². The molecule has 0 fully saturated rings. The van der Waals surface area contributed by atoms with Crippen molar-refractivity contribution in [2.45, 2.75) is 53.8 Å². The Bertz CT molecular complexity index is 1470. The first-order valence-electron chi connectivity index (χ1n) is 12.5. The summed E-state index contributed by atoms with van der Waals surface area (Å²) in [6, 6.07) is 16.1. The van der Waals surface area contributed by atoms with E-state index in [0.717, 1.165) is 56.9 Å². The highest BCUT2D eigenvalue weighted by Crippen LogP contribution is 2.37. The van der Waals surface area contributed by atoms with Crippen LogP contribution in [0.25, 0.3) is 16.7 Å². The third-order valence-electron chi connectivity index (χ3n) is 6.69. The van der Waals surface area contributed by atoms with E-state index < -0.39 is 0 Å². The number of ether oxygens (including phenoxy) is 3. The van der Waals surface area contributed by atoms with E-state index in [9.17, 15) is 5.26 Å². The molecule has 7 nitrogen and oxygen atoms in total. The Kier molecular flexibility index (Phi) is 7.70. The fourth-order valence-electron chi connectivity index (χ4n) is 4.67. The van der Waals surface area contributed by atoms with E-state index in [4.69, 9.17) is 24.9 Å². The van der Waals surface area contributed by atoms with Crippen molar-refractivity contribution < 1.29 is 14.2 Å². The highest BCUT2D eigenvalue weighted by Gasteiger charge is 2.23. The van der Waals surface area contributed by atoms with Gasteiger partial charge in [-0.05, 0) is 69.5 Å². The van der Waals surface area contributed by atoms with E-state index in [2.05, 4.69) is 13.0 Å². The van der Waals surface area contributed by atoms with E-state index in [0.29, 0.717) is 30.2 Å². The largest absolute Gasteiger partial charge is 0.497 e. The van der Waals surface area contributed by atoms with Crippen LogP contribution in [0, 0.1) is 32.1 Å². The van der Waals surface area contributed by atoms with Crippen LogP contribution in [0.1, 0.15) is 59.9 Å². The van der Waals surface area contributed by atoms with Gasteiger partial charge in [0.25, 0.3) is 0 Å². The van der Waals surface area contributed by atoms with Crippen LogP contribution in [0.15, 0.2) is 42.5 Å². The average Bonchev–Trinajstić information content (AvgIpc) is 3.16. The number of fused-ring (bicyclic) bond motifs is 1. The summed E-state index contributed by atoms with van der Waals surface area (Å²) in [6.45, 7) is 11.2. The zero-order valence-corrected chi connectivity index (χ0v) is 22.4. The van der Waals surface area contributed by atoms with Crippen LogP contribution in [0.2, 0.25) is 0 Å². The number of rotatable bonds is 9. The molecule has 2 aromatic carbocycles. The lowest BCUT2D eigenvalue weighted by Gasteiger charge is -2.19. The summed E-state index contributed by atoms with van der Waals surface area (Å²) in [6.07, 6.45) is 0.799. The minimum atomic E-state index is -0.133. The molecule has 7 heteroatoms. The number of hydrogen-bond donors (Lipinski definition) is 1. The monoisotopic (exact) mass is 498 g/mol. The minimum absolute atomic E-state index is 0.133. The topological polar surface area (TPSA) is 95.3 Å². The molecule has 0 spiro atoms.